The van der Waals surface area contributed by atoms with E-state index in [2.05, 4.69) is 49.2 Å². The molecule has 0 atom stereocenters. The predicted octanol–water partition coefficient (Wildman–Crippen LogP) is 4.88. The van der Waals surface area contributed by atoms with Crippen LogP contribution >= 0.6 is 0 Å². The quantitative estimate of drug-likeness (QED) is 0.807. The minimum Gasteiger partial charge on any atom is -0.261 e. The SMILES string of the molecule is Cc1ccc2c(c1)C(CCC#N)(CCC#N)c1c(C)ncc(C)c1-2. The molecular weight excluding hydrogens is 294 g/mol. The standard InChI is InChI=1S/C21H21N3/c1-14-6-7-17-18(12-14)21(8-4-10-22,9-5-11-23)20-16(3)24-13-15(2)19(17)20/h6-7,12-13H,4-5,8-9H2,1-3H3. The van der Waals surface area contributed by atoms with Gasteiger partial charge in [-0.15, -0.1) is 0 Å². The van der Waals surface area contributed by atoms with E-state index in [9.17, 15) is 10.5 Å². The Bertz CT molecular complexity index is 863. The molecule has 1 aliphatic carbocycles. The zero-order valence-corrected chi connectivity index (χ0v) is 14.5. The van der Waals surface area contributed by atoms with Crippen molar-refractivity contribution in [2.75, 3.05) is 0 Å². The van der Waals surface area contributed by atoms with Crippen LogP contribution in [0.4, 0.5) is 0 Å². The second-order valence-corrected chi connectivity index (χ2v) is 6.72. The number of aryl methyl sites for hydroxylation is 3. The number of nitrogens with zero attached hydrogens (tertiary/aromatic N) is 3. The van der Waals surface area contributed by atoms with Crippen molar-refractivity contribution in [3.8, 4) is 23.3 Å². The second-order valence-electron chi connectivity index (χ2n) is 6.72. The predicted molar refractivity (Wildman–Crippen MR) is 94.4 cm³/mol. The zero-order chi connectivity index (χ0) is 17.3. The summed E-state index contributed by atoms with van der Waals surface area (Å²) in [5.74, 6) is 0. The Labute approximate surface area is 143 Å². The molecule has 1 aromatic heterocycles. The van der Waals surface area contributed by atoms with Crippen molar-refractivity contribution in [2.24, 2.45) is 0 Å². The lowest BCUT2D eigenvalue weighted by atomic mass is 9.70. The van der Waals surface area contributed by atoms with E-state index >= 15 is 0 Å². The van der Waals surface area contributed by atoms with E-state index in [4.69, 9.17) is 0 Å². The molecule has 3 rings (SSSR count). The molecule has 1 heterocycles. The van der Waals surface area contributed by atoms with Gasteiger partial charge in [-0.1, -0.05) is 23.8 Å². The van der Waals surface area contributed by atoms with Crippen LogP contribution in [-0.2, 0) is 5.41 Å². The van der Waals surface area contributed by atoms with E-state index < -0.39 is 0 Å². The van der Waals surface area contributed by atoms with Gasteiger partial charge >= 0.3 is 0 Å². The molecule has 0 aliphatic heterocycles. The number of fused-ring (bicyclic) bond motifs is 3. The van der Waals surface area contributed by atoms with E-state index in [0.29, 0.717) is 12.8 Å². The summed E-state index contributed by atoms with van der Waals surface area (Å²) in [6, 6.07) is 11.2. The summed E-state index contributed by atoms with van der Waals surface area (Å²) >= 11 is 0. The van der Waals surface area contributed by atoms with E-state index in [1.165, 1.54) is 27.8 Å². The molecule has 0 spiro atoms. The van der Waals surface area contributed by atoms with Gasteiger partial charge in [-0.05, 0) is 61.4 Å². The molecule has 1 aliphatic rings. The first-order valence-electron chi connectivity index (χ1n) is 8.37. The Hall–Kier alpha value is -2.65. The van der Waals surface area contributed by atoms with Gasteiger partial charge < -0.3 is 0 Å². The molecule has 3 nitrogen and oxygen atoms in total. The Morgan fingerprint density at radius 1 is 1.04 bits per heavy atom. The van der Waals surface area contributed by atoms with Gasteiger partial charge in [-0.3, -0.25) is 4.98 Å². The molecule has 0 fully saturated rings. The molecule has 3 heteroatoms. The fraction of sp³-hybridized carbons (Fsp3) is 0.381. The third-order valence-corrected chi connectivity index (χ3v) is 5.22. The number of hydrogen-bond acceptors (Lipinski definition) is 3. The highest BCUT2D eigenvalue weighted by atomic mass is 14.7. The van der Waals surface area contributed by atoms with Gasteiger partial charge in [-0.25, -0.2) is 0 Å². The summed E-state index contributed by atoms with van der Waals surface area (Å²) in [5.41, 5.74) is 8.12. The Morgan fingerprint density at radius 3 is 2.33 bits per heavy atom. The smallest absolute Gasteiger partial charge is 0.0622 e. The van der Waals surface area contributed by atoms with Crippen LogP contribution in [-0.4, -0.2) is 4.98 Å². The van der Waals surface area contributed by atoms with Gasteiger partial charge in [0.25, 0.3) is 0 Å². The first kappa shape index (κ1) is 16.2. The molecule has 24 heavy (non-hydrogen) atoms. The summed E-state index contributed by atoms with van der Waals surface area (Å²) in [6.07, 6.45) is 4.36. The zero-order valence-electron chi connectivity index (χ0n) is 14.5. The van der Waals surface area contributed by atoms with Crippen LogP contribution in [0.1, 0.15) is 53.6 Å². The van der Waals surface area contributed by atoms with Crippen LogP contribution in [0.3, 0.4) is 0 Å². The summed E-state index contributed by atoms with van der Waals surface area (Å²) in [5, 5.41) is 18.4. The van der Waals surface area contributed by atoms with Gasteiger partial charge in [0.15, 0.2) is 0 Å². The summed E-state index contributed by atoms with van der Waals surface area (Å²) in [6.45, 7) is 6.24. The third kappa shape index (κ3) is 2.29. The second kappa shape index (κ2) is 6.10. The monoisotopic (exact) mass is 315 g/mol. The highest BCUT2D eigenvalue weighted by Crippen LogP contribution is 2.55. The number of aromatic nitrogens is 1. The Morgan fingerprint density at radius 2 is 1.71 bits per heavy atom. The molecule has 2 aromatic rings. The molecule has 0 unspecified atom stereocenters. The average Bonchev–Trinajstić information content (AvgIpc) is 2.86. The first-order chi connectivity index (χ1) is 11.5. The van der Waals surface area contributed by atoms with Gasteiger partial charge in [0.2, 0.25) is 0 Å². The van der Waals surface area contributed by atoms with E-state index in [1.807, 2.05) is 13.1 Å². The molecule has 0 radical (unpaired) electrons. The topological polar surface area (TPSA) is 60.5 Å². The number of rotatable bonds is 4. The minimum absolute atomic E-state index is 0.273. The Balaban J connectivity index is 2.36. The van der Waals surface area contributed by atoms with Crippen LogP contribution < -0.4 is 0 Å². The largest absolute Gasteiger partial charge is 0.261 e. The maximum Gasteiger partial charge on any atom is 0.0622 e. The van der Waals surface area contributed by atoms with E-state index in [1.54, 1.807) is 0 Å². The molecule has 120 valence electrons. The maximum atomic E-state index is 9.21. The van der Waals surface area contributed by atoms with E-state index in [0.717, 1.165) is 24.1 Å². The summed E-state index contributed by atoms with van der Waals surface area (Å²) in [7, 11) is 0. The minimum atomic E-state index is -0.273. The van der Waals surface area contributed by atoms with Crippen molar-refractivity contribution in [2.45, 2.75) is 51.9 Å². The van der Waals surface area contributed by atoms with Gasteiger partial charge in [0.05, 0.1) is 12.1 Å². The van der Waals surface area contributed by atoms with Crippen LogP contribution in [0.15, 0.2) is 24.4 Å². The highest BCUT2D eigenvalue weighted by Gasteiger charge is 2.44. The lowest BCUT2D eigenvalue weighted by molar-refractivity contribution is 0.454. The van der Waals surface area contributed by atoms with E-state index in [-0.39, 0.29) is 5.41 Å². The van der Waals surface area contributed by atoms with Crippen LogP contribution in [0.25, 0.3) is 11.1 Å². The molecule has 0 N–H and O–H groups in total. The number of nitriles is 2. The normalized spacial score (nSPS) is 13.7. The van der Waals surface area contributed by atoms with Crippen molar-refractivity contribution in [3.05, 3.63) is 52.3 Å². The fourth-order valence-electron chi connectivity index (χ4n) is 4.22. The van der Waals surface area contributed by atoms with Crippen LogP contribution in [0.2, 0.25) is 0 Å². The lowest BCUT2D eigenvalue weighted by Gasteiger charge is -2.32. The fourth-order valence-corrected chi connectivity index (χ4v) is 4.22. The van der Waals surface area contributed by atoms with Gasteiger partial charge in [0, 0.05) is 30.1 Å². The Kier molecular flexibility index (Phi) is 4.12. The van der Waals surface area contributed by atoms with Crippen molar-refractivity contribution >= 4 is 0 Å². The third-order valence-electron chi connectivity index (χ3n) is 5.22. The molecule has 0 amide bonds. The molecule has 0 saturated carbocycles. The molecule has 0 bridgehead atoms. The average molecular weight is 315 g/mol. The summed E-state index contributed by atoms with van der Waals surface area (Å²) < 4.78 is 0. The highest BCUT2D eigenvalue weighted by molar-refractivity contribution is 5.84. The first-order valence-corrected chi connectivity index (χ1v) is 8.37. The molecular formula is C21H21N3. The maximum absolute atomic E-state index is 9.21. The number of pyridine rings is 1. The van der Waals surface area contributed by atoms with Crippen LogP contribution in [0.5, 0.6) is 0 Å². The van der Waals surface area contributed by atoms with Gasteiger partial charge in [-0.2, -0.15) is 10.5 Å². The van der Waals surface area contributed by atoms with Crippen molar-refractivity contribution in [1.82, 2.24) is 4.98 Å². The van der Waals surface area contributed by atoms with Crippen molar-refractivity contribution in [1.29, 1.82) is 10.5 Å². The number of hydrogen-bond donors (Lipinski definition) is 0. The van der Waals surface area contributed by atoms with Crippen LogP contribution in [0, 0.1) is 43.4 Å². The lowest BCUT2D eigenvalue weighted by Crippen LogP contribution is -2.26. The van der Waals surface area contributed by atoms with Crippen molar-refractivity contribution in [3.63, 3.8) is 0 Å². The summed E-state index contributed by atoms with van der Waals surface area (Å²) in [4.78, 5) is 4.60. The molecule has 1 aromatic carbocycles. The number of benzene rings is 1. The van der Waals surface area contributed by atoms with Gasteiger partial charge in [0.1, 0.15) is 0 Å². The van der Waals surface area contributed by atoms with Crippen molar-refractivity contribution < 1.29 is 0 Å². The molecule has 0 saturated heterocycles.